The number of piperazine rings is 1. The minimum atomic E-state index is -0.201. The van der Waals surface area contributed by atoms with Gasteiger partial charge in [0.2, 0.25) is 0 Å². The van der Waals surface area contributed by atoms with Crippen LogP contribution < -0.4 is 0 Å². The van der Waals surface area contributed by atoms with E-state index in [4.69, 9.17) is 0 Å². The Morgan fingerprint density at radius 3 is 2.79 bits per heavy atom. The molecule has 6 heteroatoms. The van der Waals surface area contributed by atoms with Gasteiger partial charge in [0, 0.05) is 38.1 Å². The first kappa shape index (κ1) is 17.0. The highest BCUT2D eigenvalue weighted by atomic mass is 32.1. The number of nitrogens with zero attached hydrogens (tertiary/aromatic N) is 3. The first-order valence-corrected chi connectivity index (χ1v) is 9.24. The van der Waals surface area contributed by atoms with Crippen LogP contribution in [-0.4, -0.2) is 46.9 Å². The average Bonchev–Trinajstić information content (AvgIpc) is 3.04. The average molecular weight is 347 g/mol. The summed E-state index contributed by atoms with van der Waals surface area (Å²) in [4.78, 5) is 21.1. The van der Waals surface area contributed by atoms with E-state index in [0.29, 0.717) is 18.8 Å². The number of halogens is 1. The number of benzene rings is 1. The normalized spacial score (nSPS) is 15.7. The van der Waals surface area contributed by atoms with Crippen molar-refractivity contribution in [2.75, 3.05) is 26.2 Å². The molecule has 1 fully saturated rings. The molecule has 0 aliphatic carbocycles. The molecule has 1 saturated heterocycles. The molecule has 128 valence electrons. The van der Waals surface area contributed by atoms with Gasteiger partial charge >= 0.3 is 0 Å². The number of hydrogen-bond donors (Lipinski definition) is 0. The van der Waals surface area contributed by atoms with Crippen molar-refractivity contribution in [3.05, 3.63) is 51.7 Å². The molecule has 0 atom stereocenters. The Morgan fingerprint density at radius 2 is 2.08 bits per heavy atom. The molecule has 1 aliphatic heterocycles. The van der Waals surface area contributed by atoms with E-state index in [1.165, 1.54) is 6.07 Å². The summed E-state index contributed by atoms with van der Waals surface area (Å²) < 4.78 is 13.3. The maximum absolute atomic E-state index is 13.3. The predicted molar refractivity (Wildman–Crippen MR) is 93.7 cm³/mol. The highest BCUT2D eigenvalue weighted by Gasteiger charge is 2.23. The van der Waals surface area contributed by atoms with Crippen molar-refractivity contribution < 1.29 is 9.18 Å². The maximum Gasteiger partial charge on any atom is 0.273 e. The zero-order chi connectivity index (χ0) is 16.9. The lowest BCUT2D eigenvalue weighted by atomic mass is 10.2. The van der Waals surface area contributed by atoms with E-state index in [2.05, 4.69) is 16.8 Å². The van der Waals surface area contributed by atoms with Crippen LogP contribution in [0.4, 0.5) is 4.39 Å². The fourth-order valence-electron chi connectivity index (χ4n) is 2.90. The van der Waals surface area contributed by atoms with E-state index in [1.807, 2.05) is 16.3 Å². The first-order valence-electron chi connectivity index (χ1n) is 8.36. The summed E-state index contributed by atoms with van der Waals surface area (Å²) in [6.45, 7) is 5.81. The summed E-state index contributed by atoms with van der Waals surface area (Å²) in [6.07, 6.45) is 1.97. The smallest absolute Gasteiger partial charge is 0.273 e. The summed E-state index contributed by atoms with van der Waals surface area (Å²) in [6, 6.07) is 6.70. The van der Waals surface area contributed by atoms with E-state index >= 15 is 0 Å². The Kier molecular flexibility index (Phi) is 5.58. The topological polar surface area (TPSA) is 36.4 Å². The summed E-state index contributed by atoms with van der Waals surface area (Å²) in [5, 5.41) is 2.90. The van der Waals surface area contributed by atoms with Crippen molar-refractivity contribution in [3.8, 4) is 0 Å². The number of aryl methyl sites for hydroxylation is 1. The van der Waals surface area contributed by atoms with Crippen LogP contribution in [0.15, 0.2) is 29.6 Å². The molecular formula is C18H22FN3OS. The number of thiazole rings is 1. The lowest BCUT2D eigenvalue weighted by Gasteiger charge is -2.34. The van der Waals surface area contributed by atoms with Gasteiger partial charge < -0.3 is 4.90 Å². The van der Waals surface area contributed by atoms with E-state index in [1.54, 1.807) is 23.5 Å². The number of rotatable bonds is 5. The third kappa shape index (κ3) is 4.19. The second-order valence-electron chi connectivity index (χ2n) is 6.07. The van der Waals surface area contributed by atoms with Crippen molar-refractivity contribution in [2.24, 2.45) is 0 Å². The number of hydrogen-bond acceptors (Lipinski definition) is 4. The Morgan fingerprint density at radius 1 is 1.29 bits per heavy atom. The minimum absolute atomic E-state index is 0.0269. The van der Waals surface area contributed by atoms with Crippen LogP contribution in [0.3, 0.4) is 0 Å². The van der Waals surface area contributed by atoms with Crippen molar-refractivity contribution in [1.82, 2.24) is 14.8 Å². The molecule has 24 heavy (non-hydrogen) atoms. The molecule has 2 heterocycles. The molecule has 1 amide bonds. The Bertz CT molecular complexity index is 695. The summed E-state index contributed by atoms with van der Waals surface area (Å²) in [7, 11) is 0. The molecule has 0 bridgehead atoms. The van der Waals surface area contributed by atoms with Crippen LogP contribution >= 0.6 is 11.3 Å². The second-order valence-corrected chi connectivity index (χ2v) is 7.02. The monoisotopic (exact) mass is 347 g/mol. The van der Waals surface area contributed by atoms with Crippen molar-refractivity contribution in [2.45, 2.75) is 26.3 Å². The number of carbonyl (C=O) groups excluding carboxylic acids is 1. The maximum atomic E-state index is 13.3. The highest BCUT2D eigenvalue weighted by Crippen LogP contribution is 2.16. The number of carbonyl (C=O) groups is 1. The first-order chi connectivity index (χ1) is 11.7. The van der Waals surface area contributed by atoms with Gasteiger partial charge in [0.1, 0.15) is 11.5 Å². The summed E-state index contributed by atoms with van der Waals surface area (Å²) >= 11 is 1.57. The molecule has 1 aliphatic rings. The van der Waals surface area contributed by atoms with Gasteiger partial charge in [-0.2, -0.15) is 0 Å². The van der Waals surface area contributed by atoms with Crippen LogP contribution in [-0.2, 0) is 13.0 Å². The molecule has 1 aromatic carbocycles. The van der Waals surface area contributed by atoms with Crippen molar-refractivity contribution >= 4 is 17.2 Å². The molecule has 0 spiro atoms. The minimum Gasteiger partial charge on any atom is -0.335 e. The molecule has 0 radical (unpaired) electrons. The lowest BCUT2D eigenvalue weighted by Crippen LogP contribution is -2.48. The van der Waals surface area contributed by atoms with Crippen LogP contribution in [0.5, 0.6) is 0 Å². The van der Waals surface area contributed by atoms with Gasteiger partial charge in [0.25, 0.3) is 5.91 Å². The van der Waals surface area contributed by atoms with E-state index in [0.717, 1.165) is 43.0 Å². The predicted octanol–water partition coefficient (Wildman–Crippen LogP) is 3.19. The zero-order valence-electron chi connectivity index (χ0n) is 13.9. The Labute approximate surface area is 145 Å². The molecule has 3 rings (SSSR count). The van der Waals surface area contributed by atoms with Gasteiger partial charge in [-0.15, -0.1) is 11.3 Å². The number of aromatic nitrogens is 1. The quantitative estimate of drug-likeness (QED) is 0.833. The number of amides is 1. The van der Waals surface area contributed by atoms with Gasteiger partial charge in [-0.3, -0.25) is 9.69 Å². The van der Waals surface area contributed by atoms with Crippen LogP contribution in [0.25, 0.3) is 0 Å². The molecule has 0 unspecified atom stereocenters. The fraction of sp³-hybridized carbons (Fsp3) is 0.444. The van der Waals surface area contributed by atoms with Gasteiger partial charge in [-0.25, -0.2) is 9.37 Å². The van der Waals surface area contributed by atoms with Crippen LogP contribution in [0, 0.1) is 5.82 Å². The van der Waals surface area contributed by atoms with E-state index in [-0.39, 0.29) is 11.7 Å². The molecule has 2 aromatic rings. The Balaban J connectivity index is 1.53. The lowest BCUT2D eigenvalue weighted by molar-refractivity contribution is 0.0623. The van der Waals surface area contributed by atoms with Gasteiger partial charge in [-0.1, -0.05) is 19.1 Å². The molecule has 0 saturated carbocycles. The second kappa shape index (κ2) is 7.85. The SMILES string of the molecule is CCCc1nc(C(=O)N2CCN(Cc3cccc(F)c3)CC2)cs1. The molecule has 4 nitrogen and oxygen atoms in total. The van der Waals surface area contributed by atoms with Gasteiger partial charge in [-0.05, 0) is 30.5 Å². The highest BCUT2D eigenvalue weighted by molar-refractivity contribution is 7.09. The standard InChI is InChI=1S/C18H22FN3OS/c1-2-4-17-20-16(13-24-17)18(23)22-9-7-21(8-10-22)12-14-5-3-6-15(19)11-14/h3,5-6,11,13H,2,4,7-10,12H2,1H3. The summed E-state index contributed by atoms with van der Waals surface area (Å²) in [5.41, 5.74) is 1.54. The Hall–Kier alpha value is -1.79. The molecular weight excluding hydrogens is 325 g/mol. The summed E-state index contributed by atoms with van der Waals surface area (Å²) in [5.74, 6) is -0.174. The molecule has 1 aromatic heterocycles. The van der Waals surface area contributed by atoms with Crippen molar-refractivity contribution in [1.29, 1.82) is 0 Å². The largest absolute Gasteiger partial charge is 0.335 e. The molecule has 0 N–H and O–H groups in total. The van der Waals surface area contributed by atoms with E-state index in [9.17, 15) is 9.18 Å². The third-order valence-electron chi connectivity index (χ3n) is 4.19. The van der Waals surface area contributed by atoms with Gasteiger partial charge in [0.05, 0.1) is 5.01 Å². The zero-order valence-corrected chi connectivity index (χ0v) is 14.7. The van der Waals surface area contributed by atoms with Crippen LogP contribution in [0.1, 0.15) is 34.4 Å². The third-order valence-corrected chi connectivity index (χ3v) is 5.10. The van der Waals surface area contributed by atoms with Gasteiger partial charge in [0.15, 0.2) is 0 Å². The fourth-order valence-corrected chi connectivity index (χ4v) is 3.78. The van der Waals surface area contributed by atoms with Crippen LogP contribution in [0.2, 0.25) is 0 Å². The van der Waals surface area contributed by atoms with Crippen molar-refractivity contribution in [3.63, 3.8) is 0 Å². The van der Waals surface area contributed by atoms with E-state index < -0.39 is 0 Å².